The average Bonchev–Trinajstić information content (AvgIpc) is 2.45. The number of nitrogens with one attached hydrogen (secondary N) is 1. The lowest BCUT2D eigenvalue weighted by atomic mass is 9.84. The molecule has 1 aliphatic rings. The monoisotopic (exact) mass is 275 g/mol. The van der Waals surface area contributed by atoms with E-state index < -0.39 is 5.91 Å². The van der Waals surface area contributed by atoms with Gasteiger partial charge in [-0.05, 0) is 30.5 Å². The van der Waals surface area contributed by atoms with E-state index >= 15 is 0 Å². The Morgan fingerprint density at radius 3 is 2.70 bits per heavy atom. The van der Waals surface area contributed by atoms with Gasteiger partial charge in [-0.2, -0.15) is 0 Å². The molecule has 108 valence electrons. The molecule has 2 atom stereocenters. The fourth-order valence-electron chi connectivity index (χ4n) is 2.64. The van der Waals surface area contributed by atoms with Crippen LogP contribution in [0, 0.1) is 5.92 Å². The van der Waals surface area contributed by atoms with Gasteiger partial charge >= 0.3 is 0 Å². The second kappa shape index (κ2) is 6.52. The Morgan fingerprint density at radius 1 is 1.25 bits per heavy atom. The maximum atomic E-state index is 12.1. The molecule has 5 N–H and O–H groups in total. The van der Waals surface area contributed by atoms with Crippen LogP contribution in [0.2, 0.25) is 0 Å². The second-order valence-electron chi connectivity index (χ2n) is 5.34. The topological polar surface area (TPSA) is 98.2 Å². The summed E-state index contributed by atoms with van der Waals surface area (Å²) >= 11 is 0. The minimum absolute atomic E-state index is 0.00155. The predicted molar refractivity (Wildman–Crippen MR) is 76.7 cm³/mol. The standard InChI is InChI=1S/C15H21N3O2/c16-13-7-2-1-6-12(13)15(20)18-9-10-4-3-5-11(8-10)14(17)19/h3-5,8,12-13H,1-2,6-7,9,16H2,(H2,17,19)(H,18,20). The molecule has 1 aromatic carbocycles. The summed E-state index contributed by atoms with van der Waals surface area (Å²) in [5.74, 6) is -0.558. The molecular weight excluding hydrogens is 254 g/mol. The molecule has 2 rings (SSSR count). The summed E-state index contributed by atoms with van der Waals surface area (Å²) in [4.78, 5) is 23.2. The third-order valence-corrected chi connectivity index (χ3v) is 3.83. The van der Waals surface area contributed by atoms with Crippen molar-refractivity contribution in [3.8, 4) is 0 Å². The summed E-state index contributed by atoms with van der Waals surface area (Å²) in [6.07, 6.45) is 3.93. The van der Waals surface area contributed by atoms with Crippen LogP contribution in [-0.4, -0.2) is 17.9 Å². The first-order chi connectivity index (χ1) is 9.58. The molecule has 5 nitrogen and oxygen atoms in total. The Morgan fingerprint density at radius 2 is 2.00 bits per heavy atom. The summed E-state index contributed by atoms with van der Waals surface area (Å²) in [5, 5.41) is 2.89. The maximum Gasteiger partial charge on any atom is 0.248 e. The van der Waals surface area contributed by atoms with E-state index in [1.54, 1.807) is 18.2 Å². The maximum absolute atomic E-state index is 12.1. The number of carbonyl (C=O) groups is 2. The summed E-state index contributed by atoms with van der Waals surface area (Å²) < 4.78 is 0. The van der Waals surface area contributed by atoms with Gasteiger partial charge in [0, 0.05) is 18.2 Å². The highest BCUT2D eigenvalue weighted by atomic mass is 16.2. The van der Waals surface area contributed by atoms with Crippen molar-refractivity contribution < 1.29 is 9.59 Å². The van der Waals surface area contributed by atoms with Gasteiger partial charge in [-0.25, -0.2) is 0 Å². The fourth-order valence-corrected chi connectivity index (χ4v) is 2.64. The number of carbonyl (C=O) groups excluding carboxylic acids is 2. The number of hydrogen-bond acceptors (Lipinski definition) is 3. The predicted octanol–water partition coefficient (Wildman–Crippen LogP) is 0.919. The van der Waals surface area contributed by atoms with Crippen LogP contribution < -0.4 is 16.8 Å². The van der Waals surface area contributed by atoms with Crippen LogP contribution in [0.25, 0.3) is 0 Å². The Bertz CT molecular complexity index is 502. The molecule has 1 fully saturated rings. The minimum atomic E-state index is -0.465. The van der Waals surface area contributed by atoms with Crippen molar-refractivity contribution in [1.29, 1.82) is 0 Å². The Kier molecular flexibility index (Phi) is 4.74. The molecule has 0 spiro atoms. The van der Waals surface area contributed by atoms with Crippen molar-refractivity contribution in [2.75, 3.05) is 0 Å². The largest absolute Gasteiger partial charge is 0.366 e. The summed E-state index contributed by atoms with van der Waals surface area (Å²) in [7, 11) is 0. The number of primary amides is 1. The molecule has 5 heteroatoms. The average molecular weight is 275 g/mol. The lowest BCUT2D eigenvalue weighted by Gasteiger charge is -2.27. The van der Waals surface area contributed by atoms with Crippen LogP contribution in [0.5, 0.6) is 0 Å². The third kappa shape index (κ3) is 3.57. The van der Waals surface area contributed by atoms with Crippen LogP contribution in [0.1, 0.15) is 41.6 Å². The highest BCUT2D eigenvalue weighted by Gasteiger charge is 2.27. The van der Waals surface area contributed by atoms with Gasteiger partial charge in [0.15, 0.2) is 0 Å². The van der Waals surface area contributed by atoms with Crippen molar-refractivity contribution in [2.24, 2.45) is 17.4 Å². The molecule has 0 bridgehead atoms. The van der Waals surface area contributed by atoms with E-state index in [-0.39, 0.29) is 17.9 Å². The van der Waals surface area contributed by atoms with Gasteiger partial charge in [-0.3, -0.25) is 9.59 Å². The van der Waals surface area contributed by atoms with Gasteiger partial charge < -0.3 is 16.8 Å². The van der Waals surface area contributed by atoms with Crippen molar-refractivity contribution >= 4 is 11.8 Å². The zero-order chi connectivity index (χ0) is 14.5. The first-order valence-electron chi connectivity index (χ1n) is 7.00. The highest BCUT2D eigenvalue weighted by Crippen LogP contribution is 2.23. The van der Waals surface area contributed by atoms with E-state index in [4.69, 9.17) is 11.5 Å². The molecule has 1 aliphatic carbocycles. The number of hydrogen-bond donors (Lipinski definition) is 3. The Balaban J connectivity index is 1.92. The molecule has 0 radical (unpaired) electrons. The molecule has 2 unspecified atom stereocenters. The third-order valence-electron chi connectivity index (χ3n) is 3.83. The molecule has 0 aliphatic heterocycles. The van der Waals surface area contributed by atoms with E-state index in [0.717, 1.165) is 31.2 Å². The van der Waals surface area contributed by atoms with E-state index in [0.29, 0.717) is 12.1 Å². The minimum Gasteiger partial charge on any atom is -0.366 e. The molecular formula is C15H21N3O2. The zero-order valence-corrected chi connectivity index (χ0v) is 11.5. The Labute approximate surface area is 118 Å². The quantitative estimate of drug-likeness (QED) is 0.762. The molecule has 0 heterocycles. The van der Waals surface area contributed by atoms with Gasteiger partial charge in [0.25, 0.3) is 0 Å². The summed E-state index contributed by atoms with van der Waals surface area (Å²) in [6, 6.07) is 6.93. The number of benzene rings is 1. The van der Waals surface area contributed by atoms with Gasteiger partial charge in [-0.1, -0.05) is 25.0 Å². The highest BCUT2D eigenvalue weighted by molar-refractivity contribution is 5.92. The van der Waals surface area contributed by atoms with Crippen LogP contribution in [0.4, 0.5) is 0 Å². The normalized spacial score (nSPS) is 22.2. The van der Waals surface area contributed by atoms with Crippen LogP contribution in [0.15, 0.2) is 24.3 Å². The number of amides is 2. The van der Waals surface area contributed by atoms with Crippen molar-refractivity contribution in [1.82, 2.24) is 5.32 Å². The molecule has 20 heavy (non-hydrogen) atoms. The van der Waals surface area contributed by atoms with Gasteiger partial charge in [0.05, 0.1) is 5.92 Å². The van der Waals surface area contributed by atoms with Crippen molar-refractivity contribution in [3.63, 3.8) is 0 Å². The molecule has 0 saturated heterocycles. The first kappa shape index (κ1) is 14.5. The molecule has 1 saturated carbocycles. The van der Waals surface area contributed by atoms with Crippen molar-refractivity contribution in [2.45, 2.75) is 38.3 Å². The van der Waals surface area contributed by atoms with E-state index in [1.807, 2.05) is 6.07 Å². The summed E-state index contributed by atoms with van der Waals surface area (Å²) in [6.45, 7) is 0.392. The van der Waals surface area contributed by atoms with E-state index in [1.165, 1.54) is 0 Å². The Hall–Kier alpha value is -1.88. The zero-order valence-electron chi connectivity index (χ0n) is 11.5. The number of nitrogens with two attached hydrogens (primary N) is 2. The smallest absolute Gasteiger partial charge is 0.248 e. The van der Waals surface area contributed by atoms with Gasteiger partial charge in [0.2, 0.25) is 11.8 Å². The van der Waals surface area contributed by atoms with E-state index in [9.17, 15) is 9.59 Å². The SMILES string of the molecule is NC(=O)c1cccc(CNC(=O)C2CCCCC2N)c1. The van der Waals surface area contributed by atoms with Crippen LogP contribution in [0.3, 0.4) is 0 Å². The second-order valence-corrected chi connectivity index (χ2v) is 5.34. The fraction of sp³-hybridized carbons (Fsp3) is 0.467. The lowest BCUT2D eigenvalue weighted by molar-refractivity contribution is -0.126. The lowest BCUT2D eigenvalue weighted by Crippen LogP contribution is -2.43. The van der Waals surface area contributed by atoms with E-state index in [2.05, 4.69) is 5.32 Å². The molecule has 0 aromatic heterocycles. The van der Waals surface area contributed by atoms with Crippen LogP contribution >= 0.6 is 0 Å². The van der Waals surface area contributed by atoms with Gasteiger partial charge in [0.1, 0.15) is 0 Å². The number of rotatable bonds is 4. The molecule has 2 amide bonds. The molecule has 1 aromatic rings. The first-order valence-corrected chi connectivity index (χ1v) is 7.00. The van der Waals surface area contributed by atoms with Crippen LogP contribution in [-0.2, 0) is 11.3 Å². The van der Waals surface area contributed by atoms with Gasteiger partial charge in [-0.15, -0.1) is 0 Å². The summed E-state index contributed by atoms with van der Waals surface area (Å²) in [5.41, 5.74) is 12.5. The van der Waals surface area contributed by atoms with Crippen molar-refractivity contribution in [3.05, 3.63) is 35.4 Å².